The van der Waals surface area contributed by atoms with E-state index in [4.69, 9.17) is 31.0 Å². The third kappa shape index (κ3) is 4.82. The van der Waals surface area contributed by atoms with Crippen molar-refractivity contribution in [1.82, 2.24) is 24.6 Å². The normalized spacial score (nSPS) is 16.1. The summed E-state index contributed by atoms with van der Waals surface area (Å²) in [4.78, 5) is 25.9. The summed E-state index contributed by atoms with van der Waals surface area (Å²) in [7, 11) is 3.31. The molecular formula is C25H28ClFN6O3. The standard InChI is InChI=1S/C25H28ClFN6O3/c1-15(34)33-9-6-20-21(14-33)29-24(16-12-28-31(2)13-16)25(30-20)32-7-4-17(5-8-32)36-23-10-18(26)22(35-3)11-19(23)27/h10-13,17H,4-9,14H2,1-3H3. The van der Waals surface area contributed by atoms with Gasteiger partial charge in [-0.1, -0.05) is 11.6 Å². The van der Waals surface area contributed by atoms with Crippen molar-refractivity contribution >= 4 is 23.3 Å². The number of benzene rings is 1. The number of nitrogens with zero attached hydrogens (tertiary/aromatic N) is 6. The van der Waals surface area contributed by atoms with Gasteiger partial charge in [-0.2, -0.15) is 5.10 Å². The van der Waals surface area contributed by atoms with Crippen LogP contribution < -0.4 is 14.4 Å². The number of ether oxygens (including phenoxy) is 2. The fourth-order valence-electron chi connectivity index (χ4n) is 4.67. The number of carbonyl (C=O) groups excluding carboxylic acids is 1. The summed E-state index contributed by atoms with van der Waals surface area (Å²) in [5.74, 6) is 0.731. The molecule has 2 aliphatic rings. The molecule has 0 N–H and O–H groups in total. The predicted octanol–water partition coefficient (Wildman–Crippen LogP) is 3.63. The largest absolute Gasteiger partial charge is 0.495 e. The molecule has 9 nitrogen and oxygen atoms in total. The zero-order valence-corrected chi connectivity index (χ0v) is 21.3. The quantitative estimate of drug-likeness (QED) is 0.514. The van der Waals surface area contributed by atoms with Gasteiger partial charge in [0.25, 0.3) is 0 Å². The van der Waals surface area contributed by atoms with Crippen molar-refractivity contribution in [3.8, 4) is 22.8 Å². The maximum absolute atomic E-state index is 14.5. The van der Waals surface area contributed by atoms with Crippen molar-refractivity contribution in [1.29, 1.82) is 0 Å². The number of fused-ring (bicyclic) bond motifs is 1. The monoisotopic (exact) mass is 514 g/mol. The Kier molecular flexibility index (Phi) is 6.70. The minimum atomic E-state index is -0.502. The molecule has 0 unspecified atom stereocenters. The number of halogens is 2. The van der Waals surface area contributed by atoms with Gasteiger partial charge in [0.1, 0.15) is 17.5 Å². The molecule has 0 saturated carbocycles. The summed E-state index contributed by atoms with van der Waals surface area (Å²) in [5.41, 5.74) is 3.36. The van der Waals surface area contributed by atoms with Crippen LogP contribution in [0.25, 0.3) is 11.3 Å². The molecule has 0 spiro atoms. The van der Waals surface area contributed by atoms with E-state index in [9.17, 15) is 9.18 Å². The van der Waals surface area contributed by atoms with Crippen LogP contribution in [-0.2, 0) is 24.8 Å². The predicted molar refractivity (Wildman–Crippen MR) is 133 cm³/mol. The summed E-state index contributed by atoms with van der Waals surface area (Å²) < 4.78 is 27.2. The number of aromatic nitrogens is 4. The third-order valence-electron chi connectivity index (χ3n) is 6.66. The van der Waals surface area contributed by atoms with Crippen LogP contribution in [0, 0.1) is 5.82 Å². The van der Waals surface area contributed by atoms with Crippen LogP contribution in [0.4, 0.5) is 10.2 Å². The molecule has 5 rings (SSSR count). The highest BCUT2D eigenvalue weighted by molar-refractivity contribution is 6.32. The van der Waals surface area contributed by atoms with Crippen LogP contribution in [-0.4, -0.2) is 63.4 Å². The third-order valence-corrected chi connectivity index (χ3v) is 6.95. The molecule has 1 fully saturated rings. The Morgan fingerprint density at radius 1 is 1.14 bits per heavy atom. The van der Waals surface area contributed by atoms with Crippen molar-refractivity contribution in [3.05, 3.63) is 46.8 Å². The summed E-state index contributed by atoms with van der Waals surface area (Å²) in [6, 6.07) is 2.70. The van der Waals surface area contributed by atoms with Gasteiger partial charge in [-0.15, -0.1) is 0 Å². The van der Waals surface area contributed by atoms with E-state index in [2.05, 4.69) is 10.00 Å². The second-order valence-corrected chi connectivity index (χ2v) is 9.51. The first kappa shape index (κ1) is 24.3. The molecule has 0 radical (unpaired) electrons. The van der Waals surface area contributed by atoms with Crippen LogP contribution in [0.2, 0.25) is 5.02 Å². The van der Waals surface area contributed by atoms with Crippen molar-refractivity contribution in [2.24, 2.45) is 7.05 Å². The van der Waals surface area contributed by atoms with Gasteiger partial charge < -0.3 is 19.3 Å². The number of aryl methyl sites for hydroxylation is 1. The second kappa shape index (κ2) is 9.93. The first-order valence-corrected chi connectivity index (χ1v) is 12.3. The molecule has 1 aromatic carbocycles. The molecule has 0 atom stereocenters. The fourth-order valence-corrected chi connectivity index (χ4v) is 4.90. The smallest absolute Gasteiger partial charge is 0.219 e. The second-order valence-electron chi connectivity index (χ2n) is 9.10. The number of carbonyl (C=O) groups is 1. The molecule has 2 aromatic heterocycles. The highest BCUT2D eigenvalue weighted by Gasteiger charge is 2.29. The molecule has 0 bridgehead atoms. The van der Waals surface area contributed by atoms with Gasteiger partial charge in [0.15, 0.2) is 17.4 Å². The van der Waals surface area contributed by atoms with E-state index in [1.165, 1.54) is 19.2 Å². The average Bonchev–Trinajstić information content (AvgIpc) is 3.31. The number of rotatable bonds is 5. The van der Waals surface area contributed by atoms with Gasteiger partial charge in [0, 0.05) is 76.8 Å². The van der Waals surface area contributed by atoms with Gasteiger partial charge in [0.05, 0.1) is 36.3 Å². The highest BCUT2D eigenvalue weighted by Crippen LogP contribution is 2.35. The zero-order chi connectivity index (χ0) is 25.4. The van der Waals surface area contributed by atoms with Crippen LogP contribution in [0.3, 0.4) is 0 Å². The van der Waals surface area contributed by atoms with Crippen molar-refractivity contribution in [3.63, 3.8) is 0 Å². The van der Waals surface area contributed by atoms with E-state index < -0.39 is 5.82 Å². The number of anilines is 1. The number of methoxy groups -OCH3 is 1. The topological polar surface area (TPSA) is 85.6 Å². The molecule has 190 valence electrons. The molecule has 4 heterocycles. The maximum Gasteiger partial charge on any atom is 0.219 e. The Morgan fingerprint density at radius 3 is 2.58 bits per heavy atom. The summed E-state index contributed by atoms with van der Waals surface area (Å²) >= 11 is 6.16. The lowest BCUT2D eigenvalue weighted by atomic mass is 10.1. The Bertz CT molecular complexity index is 1290. The fraction of sp³-hybridized carbons (Fsp3) is 0.440. The summed E-state index contributed by atoms with van der Waals surface area (Å²) in [5, 5.41) is 4.62. The van der Waals surface area contributed by atoms with E-state index in [0.29, 0.717) is 50.5 Å². The molecule has 1 amide bonds. The molecule has 2 aliphatic heterocycles. The lowest BCUT2D eigenvalue weighted by molar-refractivity contribution is -0.129. The maximum atomic E-state index is 14.5. The van der Waals surface area contributed by atoms with Gasteiger partial charge in [-0.3, -0.25) is 9.48 Å². The molecular weight excluding hydrogens is 487 g/mol. The lowest BCUT2D eigenvalue weighted by Crippen LogP contribution is -2.40. The van der Waals surface area contributed by atoms with Crippen LogP contribution >= 0.6 is 11.6 Å². The molecule has 36 heavy (non-hydrogen) atoms. The van der Waals surface area contributed by atoms with Gasteiger partial charge >= 0.3 is 0 Å². The number of amides is 1. The zero-order valence-electron chi connectivity index (χ0n) is 20.5. The van der Waals surface area contributed by atoms with Gasteiger partial charge in [-0.25, -0.2) is 14.4 Å². The molecule has 11 heteroatoms. The van der Waals surface area contributed by atoms with E-state index in [-0.39, 0.29) is 23.5 Å². The minimum Gasteiger partial charge on any atom is -0.495 e. The number of piperidine rings is 1. The Morgan fingerprint density at radius 2 is 1.92 bits per heavy atom. The van der Waals surface area contributed by atoms with E-state index in [0.717, 1.165) is 28.5 Å². The molecule has 3 aromatic rings. The lowest BCUT2D eigenvalue weighted by Gasteiger charge is -2.35. The van der Waals surface area contributed by atoms with Crippen LogP contribution in [0.5, 0.6) is 11.5 Å². The number of hydrogen-bond donors (Lipinski definition) is 0. The van der Waals surface area contributed by atoms with Crippen molar-refractivity contribution < 1.29 is 18.7 Å². The van der Waals surface area contributed by atoms with Gasteiger partial charge in [-0.05, 0) is 0 Å². The van der Waals surface area contributed by atoms with Crippen LogP contribution in [0.1, 0.15) is 31.2 Å². The Balaban J connectivity index is 1.37. The molecule has 1 saturated heterocycles. The van der Waals surface area contributed by atoms with E-state index >= 15 is 0 Å². The first-order valence-electron chi connectivity index (χ1n) is 11.9. The first-order chi connectivity index (χ1) is 17.3. The highest BCUT2D eigenvalue weighted by atomic mass is 35.5. The van der Waals surface area contributed by atoms with Crippen molar-refractivity contribution in [2.45, 2.75) is 38.8 Å². The van der Waals surface area contributed by atoms with Crippen LogP contribution in [0.15, 0.2) is 24.5 Å². The molecule has 0 aliphatic carbocycles. The van der Waals surface area contributed by atoms with E-state index in [1.54, 1.807) is 22.7 Å². The average molecular weight is 515 g/mol. The summed E-state index contributed by atoms with van der Waals surface area (Å²) in [6.07, 6.45) is 5.57. The van der Waals surface area contributed by atoms with E-state index in [1.807, 2.05) is 13.2 Å². The Labute approximate surface area is 213 Å². The van der Waals surface area contributed by atoms with Gasteiger partial charge in [0.2, 0.25) is 5.91 Å². The minimum absolute atomic E-state index is 0.0334. The summed E-state index contributed by atoms with van der Waals surface area (Å²) in [6.45, 7) is 4.02. The Hall–Kier alpha value is -3.40. The SMILES string of the molecule is COc1cc(F)c(OC2CCN(c3nc4c(nc3-c3cnn(C)c3)CN(C(C)=O)CC4)CC2)cc1Cl. The number of hydrogen-bond acceptors (Lipinski definition) is 7. The van der Waals surface area contributed by atoms with Crippen molar-refractivity contribution in [2.75, 3.05) is 31.6 Å².